The van der Waals surface area contributed by atoms with E-state index in [-0.39, 0.29) is 18.0 Å². The number of carbonyl (C=O) groups is 1. The topological polar surface area (TPSA) is 76.3 Å². The van der Waals surface area contributed by atoms with E-state index in [1.165, 1.54) is 11.0 Å². The largest absolute Gasteiger partial charge is 0.306 e. The molecular weight excluding hydrogens is 350 g/mol. The summed E-state index contributed by atoms with van der Waals surface area (Å²) in [5.74, 6) is -0.155. The number of fused-ring (bicyclic) bond motifs is 1. The van der Waals surface area contributed by atoms with Crippen LogP contribution in [0.15, 0.2) is 41.1 Å². The second-order valence-corrected chi connectivity index (χ2v) is 5.94. The van der Waals surface area contributed by atoms with Gasteiger partial charge in [-0.2, -0.15) is 0 Å². The number of hydrogen-bond donors (Lipinski definition) is 0. The molecule has 0 aliphatic carbocycles. The van der Waals surface area contributed by atoms with Crippen LogP contribution in [0, 0.1) is 10.1 Å². The van der Waals surface area contributed by atoms with E-state index in [1.807, 2.05) is 12.1 Å². The van der Waals surface area contributed by atoms with Crippen LogP contribution in [-0.4, -0.2) is 22.4 Å². The molecule has 22 heavy (non-hydrogen) atoms. The van der Waals surface area contributed by atoms with Crippen molar-refractivity contribution in [3.8, 4) is 0 Å². The van der Waals surface area contributed by atoms with Crippen molar-refractivity contribution in [2.45, 2.75) is 12.8 Å². The Morgan fingerprint density at radius 2 is 2.27 bits per heavy atom. The zero-order valence-corrected chi connectivity index (χ0v) is 13.1. The lowest BCUT2D eigenvalue weighted by atomic mass is 10.1. The molecule has 0 radical (unpaired) electrons. The second-order valence-electron chi connectivity index (χ2n) is 5.02. The molecule has 0 N–H and O–H groups in total. The van der Waals surface area contributed by atoms with Gasteiger partial charge in [-0.1, -0.05) is 22.0 Å². The number of nitrogens with zero attached hydrogens (tertiary/aromatic N) is 3. The molecule has 3 rings (SSSR count). The average molecular weight is 362 g/mol. The van der Waals surface area contributed by atoms with Crippen LogP contribution < -0.4 is 4.90 Å². The molecule has 1 aromatic heterocycles. The van der Waals surface area contributed by atoms with Crippen molar-refractivity contribution in [3.05, 3.63) is 62.4 Å². The fourth-order valence-corrected chi connectivity index (χ4v) is 3.14. The van der Waals surface area contributed by atoms with E-state index >= 15 is 0 Å². The van der Waals surface area contributed by atoms with E-state index in [4.69, 9.17) is 0 Å². The molecule has 2 heterocycles. The summed E-state index contributed by atoms with van der Waals surface area (Å²) in [6, 6.07) is 6.85. The number of aromatic nitrogens is 1. The summed E-state index contributed by atoms with van der Waals surface area (Å²) in [4.78, 5) is 28.8. The lowest BCUT2D eigenvalue weighted by molar-refractivity contribution is -0.384. The number of benzene rings is 1. The summed E-state index contributed by atoms with van der Waals surface area (Å²) in [5, 5.41) is 11.3. The Morgan fingerprint density at radius 3 is 2.95 bits per heavy atom. The molecule has 1 amide bonds. The van der Waals surface area contributed by atoms with Gasteiger partial charge in [0.05, 0.1) is 11.3 Å². The number of carbonyl (C=O) groups excluding carboxylic acids is 1. The van der Waals surface area contributed by atoms with Crippen LogP contribution in [-0.2, 0) is 17.6 Å². The quantitative estimate of drug-likeness (QED) is 0.622. The third-order valence-electron chi connectivity index (χ3n) is 3.58. The SMILES string of the molecule is O=C(Cc1cccnc1)N1CCc2cc(Br)cc([N+](=O)[O-])c21. The number of hydrogen-bond acceptors (Lipinski definition) is 4. The highest BCUT2D eigenvalue weighted by Crippen LogP contribution is 2.39. The van der Waals surface area contributed by atoms with E-state index in [1.54, 1.807) is 18.5 Å². The maximum atomic E-state index is 12.5. The van der Waals surface area contributed by atoms with Crippen LogP contribution >= 0.6 is 15.9 Å². The summed E-state index contributed by atoms with van der Waals surface area (Å²) in [5.41, 5.74) is 1.99. The summed E-state index contributed by atoms with van der Waals surface area (Å²) >= 11 is 3.28. The third-order valence-corrected chi connectivity index (χ3v) is 4.04. The molecule has 1 aromatic carbocycles. The van der Waals surface area contributed by atoms with E-state index in [2.05, 4.69) is 20.9 Å². The predicted octanol–water partition coefficient (Wildman–Crippen LogP) is 2.88. The van der Waals surface area contributed by atoms with E-state index in [0.717, 1.165) is 11.1 Å². The van der Waals surface area contributed by atoms with Crippen LogP contribution in [0.25, 0.3) is 0 Å². The molecule has 1 aliphatic rings. The Bertz CT molecular complexity index is 749. The lowest BCUT2D eigenvalue weighted by Crippen LogP contribution is -2.30. The van der Waals surface area contributed by atoms with Gasteiger partial charge in [-0.05, 0) is 29.7 Å². The molecule has 7 heteroatoms. The van der Waals surface area contributed by atoms with Gasteiger partial charge in [-0.3, -0.25) is 19.9 Å². The molecule has 0 saturated heterocycles. The maximum Gasteiger partial charge on any atom is 0.294 e. The Balaban J connectivity index is 1.94. The Labute approximate surface area is 135 Å². The van der Waals surface area contributed by atoms with Crippen molar-refractivity contribution < 1.29 is 9.72 Å². The van der Waals surface area contributed by atoms with Crippen molar-refractivity contribution in [3.63, 3.8) is 0 Å². The molecule has 0 fully saturated rings. The van der Waals surface area contributed by atoms with Crippen molar-refractivity contribution in [2.75, 3.05) is 11.4 Å². The van der Waals surface area contributed by atoms with Crippen molar-refractivity contribution in [1.82, 2.24) is 4.98 Å². The highest BCUT2D eigenvalue weighted by Gasteiger charge is 2.32. The van der Waals surface area contributed by atoms with Crippen molar-refractivity contribution in [2.24, 2.45) is 0 Å². The summed E-state index contributed by atoms with van der Waals surface area (Å²) < 4.78 is 0.652. The first kappa shape index (κ1) is 14.6. The maximum absolute atomic E-state index is 12.5. The van der Waals surface area contributed by atoms with Crippen LogP contribution in [0.2, 0.25) is 0 Å². The van der Waals surface area contributed by atoms with E-state index in [9.17, 15) is 14.9 Å². The van der Waals surface area contributed by atoms with Crippen LogP contribution in [0.4, 0.5) is 11.4 Å². The Morgan fingerprint density at radius 1 is 1.45 bits per heavy atom. The molecule has 0 bridgehead atoms. The summed E-state index contributed by atoms with van der Waals surface area (Å²) in [6.45, 7) is 0.464. The zero-order chi connectivity index (χ0) is 15.7. The predicted molar refractivity (Wildman–Crippen MR) is 84.8 cm³/mol. The van der Waals surface area contributed by atoms with Crippen LogP contribution in [0.3, 0.4) is 0 Å². The highest BCUT2D eigenvalue weighted by molar-refractivity contribution is 9.10. The van der Waals surface area contributed by atoms with Gasteiger partial charge >= 0.3 is 0 Å². The summed E-state index contributed by atoms with van der Waals surface area (Å²) in [6.07, 6.45) is 4.07. The van der Waals surface area contributed by atoms with Gasteiger partial charge in [0.25, 0.3) is 5.69 Å². The minimum Gasteiger partial charge on any atom is -0.306 e. The fraction of sp³-hybridized carbons (Fsp3) is 0.200. The van der Waals surface area contributed by atoms with Crippen LogP contribution in [0.5, 0.6) is 0 Å². The standard InChI is InChI=1S/C15H12BrN3O3/c16-12-7-11-3-5-18(15(11)13(8-12)19(21)22)14(20)6-10-2-1-4-17-9-10/h1-2,4,7-9H,3,5-6H2. The number of anilines is 1. The first-order chi connectivity index (χ1) is 10.6. The molecule has 0 unspecified atom stereocenters. The lowest BCUT2D eigenvalue weighted by Gasteiger charge is -2.17. The monoisotopic (exact) mass is 361 g/mol. The first-order valence-corrected chi connectivity index (χ1v) is 7.51. The zero-order valence-electron chi connectivity index (χ0n) is 11.5. The molecule has 112 valence electrons. The number of pyridine rings is 1. The Hall–Kier alpha value is -2.28. The minimum absolute atomic E-state index is 0.0404. The molecule has 0 atom stereocenters. The number of amides is 1. The second kappa shape index (κ2) is 5.84. The minimum atomic E-state index is -0.445. The average Bonchev–Trinajstić information content (AvgIpc) is 2.90. The van der Waals surface area contributed by atoms with Gasteiger partial charge in [-0.15, -0.1) is 0 Å². The van der Waals surface area contributed by atoms with Gasteiger partial charge in [0.2, 0.25) is 5.91 Å². The summed E-state index contributed by atoms with van der Waals surface area (Å²) in [7, 11) is 0. The molecule has 6 nitrogen and oxygen atoms in total. The van der Waals surface area contributed by atoms with Gasteiger partial charge in [0.1, 0.15) is 5.69 Å². The highest BCUT2D eigenvalue weighted by atomic mass is 79.9. The third kappa shape index (κ3) is 2.71. The number of rotatable bonds is 3. The van der Waals surface area contributed by atoms with Crippen molar-refractivity contribution in [1.29, 1.82) is 0 Å². The molecule has 0 saturated carbocycles. The number of nitro groups is 1. The molecule has 2 aromatic rings. The van der Waals surface area contributed by atoms with Crippen LogP contribution in [0.1, 0.15) is 11.1 Å². The molecule has 1 aliphatic heterocycles. The number of halogens is 1. The van der Waals surface area contributed by atoms with Gasteiger partial charge < -0.3 is 4.90 Å². The smallest absolute Gasteiger partial charge is 0.294 e. The van der Waals surface area contributed by atoms with E-state index in [0.29, 0.717) is 23.1 Å². The van der Waals surface area contributed by atoms with Gasteiger partial charge in [0.15, 0.2) is 0 Å². The van der Waals surface area contributed by atoms with E-state index < -0.39 is 4.92 Å². The van der Waals surface area contributed by atoms with Gasteiger partial charge in [0, 0.05) is 29.5 Å². The van der Waals surface area contributed by atoms with Crippen molar-refractivity contribution >= 4 is 33.2 Å². The van der Waals surface area contributed by atoms with Gasteiger partial charge in [-0.25, -0.2) is 0 Å². The fourth-order valence-electron chi connectivity index (χ4n) is 2.65. The number of nitro benzene ring substituents is 1. The Kier molecular flexibility index (Phi) is 3.89. The first-order valence-electron chi connectivity index (χ1n) is 6.72. The normalized spacial score (nSPS) is 13.0. The molecule has 0 spiro atoms. The molecular formula is C15H12BrN3O3.